The highest BCUT2D eigenvalue weighted by atomic mass is 32.2. The number of nitrogens with two attached hydrogens (primary N) is 1. The van der Waals surface area contributed by atoms with Crippen LogP contribution in [-0.4, -0.2) is 32.8 Å². The molecule has 0 fully saturated rings. The second-order valence-corrected chi connectivity index (χ2v) is 8.05. The molecule has 1 aromatic heterocycles. The number of hydrogen-bond acceptors (Lipinski definition) is 7. The van der Waals surface area contributed by atoms with Gasteiger partial charge in [-0.15, -0.1) is 10.2 Å². The molecule has 1 atom stereocenters. The lowest BCUT2D eigenvalue weighted by Gasteiger charge is -2.17. The number of ether oxygens (including phenoxy) is 2. The van der Waals surface area contributed by atoms with E-state index in [9.17, 15) is 4.79 Å². The van der Waals surface area contributed by atoms with Gasteiger partial charge in [0, 0.05) is 17.2 Å². The number of aromatic nitrogens is 3. The molecular formula is C16H21N5O3S. The maximum absolute atomic E-state index is 12.4. The van der Waals surface area contributed by atoms with E-state index in [4.69, 9.17) is 15.3 Å². The number of carbonyl (C=O) groups excluding carboxylic acids is 1. The third-order valence-corrected chi connectivity index (χ3v) is 4.68. The lowest BCUT2D eigenvalue weighted by Crippen LogP contribution is -2.26. The van der Waals surface area contributed by atoms with E-state index in [0.717, 1.165) is 0 Å². The Labute approximate surface area is 150 Å². The molecule has 0 saturated carbocycles. The molecule has 0 aliphatic carbocycles. The summed E-state index contributed by atoms with van der Waals surface area (Å²) in [6.07, 6.45) is 0. The number of benzene rings is 1. The molecule has 134 valence electrons. The van der Waals surface area contributed by atoms with Gasteiger partial charge < -0.3 is 20.6 Å². The third-order valence-electron chi connectivity index (χ3n) is 3.63. The third kappa shape index (κ3) is 3.65. The van der Waals surface area contributed by atoms with Gasteiger partial charge in [-0.2, -0.15) is 0 Å². The fourth-order valence-corrected chi connectivity index (χ4v) is 3.07. The molecule has 0 bridgehead atoms. The van der Waals surface area contributed by atoms with Crippen molar-refractivity contribution in [3.8, 4) is 11.5 Å². The van der Waals surface area contributed by atoms with Crippen molar-refractivity contribution in [1.29, 1.82) is 0 Å². The van der Waals surface area contributed by atoms with Gasteiger partial charge in [0.25, 0.3) is 0 Å². The second-order valence-electron chi connectivity index (χ2n) is 6.74. The number of fused-ring (bicyclic) bond motifs is 1. The van der Waals surface area contributed by atoms with Gasteiger partial charge in [0.15, 0.2) is 17.3 Å². The van der Waals surface area contributed by atoms with Crippen LogP contribution in [0.15, 0.2) is 23.4 Å². The molecule has 8 nitrogen and oxygen atoms in total. The van der Waals surface area contributed by atoms with Crippen LogP contribution < -0.4 is 20.6 Å². The van der Waals surface area contributed by atoms with Gasteiger partial charge in [0.05, 0.1) is 5.25 Å². The van der Waals surface area contributed by atoms with Crippen LogP contribution >= 0.6 is 11.8 Å². The minimum Gasteiger partial charge on any atom is -0.454 e. The van der Waals surface area contributed by atoms with Crippen LogP contribution in [0.1, 0.15) is 33.5 Å². The molecule has 0 unspecified atom stereocenters. The summed E-state index contributed by atoms with van der Waals surface area (Å²) in [7, 11) is 0. The van der Waals surface area contributed by atoms with E-state index in [-0.39, 0.29) is 18.1 Å². The SMILES string of the molecule is C[C@@H](Sc1nnc(C(C)(C)C)n1N)C(=O)Nc1ccc2c(c1)OCO2. The average Bonchev–Trinajstić information content (AvgIpc) is 3.13. The zero-order chi connectivity index (χ0) is 18.2. The van der Waals surface area contributed by atoms with Crippen LogP contribution in [0.2, 0.25) is 0 Å². The molecule has 1 amide bonds. The number of nitrogens with one attached hydrogen (secondary N) is 1. The molecule has 2 aromatic rings. The van der Waals surface area contributed by atoms with Gasteiger partial charge >= 0.3 is 0 Å². The first-order chi connectivity index (χ1) is 11.8. The Hall–Kier alpha value is -2.42. The van der Waals surface area contributed by atoms with Gasteiger partial charge in [-0.05, 0) is 19.1 Å². The van der Waals surface area contributed by atoms with Crippen LogP contribution in [-0.2, 0) is 10.2 Å². The Morgan fingerprint density at radius 1 is 1.32 bits per heavy atom. The second kappa shape index (κ2) is 6.47. The van der Waals surface area contributed by atoms with Crippen molar-refractivity contribution in [2.24, 2.45) is 0 Å². The predicted molar refractivity (Wildman–Crippen MR) is 95.4 cm³/mol. The Kier molecular flexibility index (Phi) is 4.51. The number of carbonyl (C=O) groups is 1. The standard InChI is InChI=1S/C16H21N5O3S/c1-9(25-15-20-19-14(21(15)17)16(2,3)4)13(22)18-10-5-6-11-12(7-10)24-8-23-11/h5-7,9H,8,17H2,1-4H3,(H,18,22)/t9-/m1/s1. The molecule has 9 heteroatoms. The summed E-state index contributed by atoms with van der Waals surface area (Å²) >= 11 is 1.26. The Bertz CT molecular complexity index is 800. The maximum atomic E-state index is 12.4. The van der Waals surface area contributed by atoms with E-state index in [0.29, 0.717) is 28.2 Å². The van der Waals surface area contributed by atoms with Crippen LogP contribution in [0.25, 0.3) is 0 Å². The highest BCUT2D eigenvalue weighted by Crippen LogP contribution is 2.34. The van der Waals surface area contributed by atoms with Crippen molar-refractivity contribution >= 4 is 23.4 Å². The van der Waals surface area contributed by atoms with Crippen LogP contribution in [0.5, 0.6) is 11.5 Å². The highest BCUT2D eigenvalue weighted by Gasteiger charge is 2.25. The predicted octanol–water partition coefficient (Wildman–Crippen LogP) is 2.14. The fraction of sp³-hybridized carbons (Fsp3) is 0.438. The summed E-state index contributed by atoms with van der Waals surface area (Å²) < 4.78 is 12.0. The molecule has 0 spiro atoms. The van der Waals surface area contributed by atoms with Crippen LogP contribution in [0.3, 0.4) is 0 Å². The number of anilines is 1. The molecular weight excluding hydrogens is 342 g/mol. The Balaban J connectivity index is 1.66. The quantitative estimate of drug-likeness (QED) is 0.633. The number of nitrogens with zero attached hydrogens (tertiary/aromatic N) is 3. The number of amides is 1. The summed E-state index contributed by atoms with van der Waals surface area (Å²) in [6, 6.07) is 5.27. The van der Waals surface area contributed by atoms with E-state index in [1.54, 1.807) is 25.1 Å². The Morgan fingerprint density at radius 3 is 2.72 bits per heavy atom. The van der Waals surface area contributed by atoms with E-state index in [2.05, 4.69) is 15.5 Å². The van der Waals surface area contributed by atoms with E-state index < -0.39 is 5.25 Å². The number of nitrogen functional groups attached to an aromatic ring is 1. The lowest BCUT2D eigenvalue weighted by molar-refractivity contribution is -0.115. The van der Waals surface area contributed by atoms with Crippen LogP contribution in [0, 0.1) is 0 Å². The lowest BCUT2D eigenvalue weighted by atomic mass is 9.96. The van der Waals surface area contributed by atoms with Gasteiger partial charge in [0.2, 0.25) is 17.9 Å². The summed E-state index contributed by atoms with van der Waals surface area (Å²) in [5.74, 6) is 7.86. The van der Waals surface area contributed by atoms with E-state index in [1.165, 1.54) is 16.4 Å². The minimum atomic E-state index is -0.398. The molecule has 1 aliphatic heterocycles. The molecule has 0 radical (unpaired) electrons. The molecule has 1 aliphatic rings. The van der Waals surface area contributed by atoms with Gasteiger partial charge in [0.1, 0.15) is 0 Å². The first-order valence-electron chi connectivity index (χ1n) is 7.84. The summed E-state index contributed by atoms with van der Waals surface area (Å²) in [5, 5.41) is 11.2. The topological polar surface area (TPSA) is 104 Å². The molecule has 25 heavy (non-hydrogen) atoms. The number of rotatable bonds is 4. The number of hydrogen-bond donors (Lipinski definition) is 2. The molecule has 3 N–H and O–H groups in total. The molecule has 1 aromatic carbocycles. The van der Waals surface area contributed by atoms with Crippen LogP contribution in [0.4, 0.5) is 5.69 Å². The Morgan fingerprint density at radius 2 is 2.04 bits per heavy atom. The minimum absolute atomic E-state index is 0.163. The van der Waals surface area contributed by atoms with Crippen molar-refractivity contribution in [2.45, 2.75) is 43.5 Å². The summed E-state index contributed by atoms with van der Waals surface area (Å²) in [4.78, 5) is 12.4. The zero-order valence-electron chi connectivity index (χ0n) is 14.6. The van der Waals surface area contributed by atoms with Crippen molar-refractivity contribution < 1.29 is 14.3 Å². The normalized spacial score (nSPS) is 14.4. The zero-order valence-corrected chi connectivity index (χ0v) is 15.4. The van der Waals surface area contributed by atoms with Crippen molar-refractivity contribution in [2.75, 3.05) is 18.0 Å². The van der Waals surface area contributed by atoms with Gasteiger partial charge in [-0.3, -0.25) is 4.79 Å². The monoisotopic (exact) mass is 363 g/mol. The fourth-order valence-electron chi connectivity index (χ4n) is 2.30. The van der Waals surface area contributed by atoms with Crippen molar-refractivity contribution in [3.05, 3.63) is 24.0 Å². The van der Waals surface area contributed by atoms with E-state index >= 15 is 0 Å². The summed E-state index contributed by atoms with van der Waals surface area (Å²) in [5.41, 5.74) is 0.421. The van der Waals surface area contributed by atoms with Gasteiger partial charge in [-0.1, -0.05) is 32.5 Å². The number of thioether (sulfide) groups is 1. The smallest absolute Gasteiger partial charge is 0.237 e. The first kappa shape index (κ1) is 17.4. The first-order valence-corrected chi connectivity index (χ1v) is 8.72. The largest absolute Gasteiger partial charge is 0.454 e. The molecule has 0 saturated heterocycles. The average molecular weight is 363 g/mol. The van der Waals surface area contributed by atoms with E-state index in [1.807, 2.05) is 20.8 Å². The van der Waals surface area contributed by atoms with Crippen molar-refractivity contribution in [1.82, 2.24) is 14.9 Å². The molecule has 2 heterocycles. The van der Waals surface area contributed by atoms with Crippen molar-refractivity contribution in [3.63, 3.8) is 0 Å². The maximum Gasteiger partial charge on any atom is 0.237 e. The highest BCUT2D eigenvalue weighted by molar-refractivity contribution is 8.00. The molecule has 3 rings (SSSR count). The summed E-state index contributed by atoms with van der Waals surface area (Å²) in [6.45, 7) is 8.00. The van der Waals surface area contributed by atoms with Gasteiger partial charge in [-0.25, -0.2) is 4.68 Å².